The first-order chi connectivity index (χ1) is 17.3. The maximum Gasteiger partial charge on any atom is 0.310 e. The maximum absolute atomic E-state index is 13.6. The molecular formula is C27H33N5O4. The summed E-state index contributed by atoms with van der Waals surface area (Å²) in [4.78, 5) is 46.7. The number of rotatable bonds is 7. The Kier molecular flexibility index (Phi) is 7.67. The van der Waals surface area contributed by atoms with Crippen LogP contribution in [0.25, 0.3) is 22.3 Å². The Balaban J connectivity index is 1.58. The zero-order valence-corrected chi connectivity index (χ0v) is 21.3. The lowest BCUT2D eigenvalue weighted by Gasteiger charge is -2.32. The average molecular weight is 492 g/mol. The van der Waals surface area contributed by atoms with E-state index in [1.807, 2.05) is 44.2 Å². The number of fused-ring (bicyclic) bond motifs is 1. The van der Waals surface area contributed by atoms with Gasteiger partial charge in [-0.3, -0.25) is 14.4 Å². The summed E-state index contributed by atoms with van der Waals surface area (Å²) in [5.41, 5.74) is 2.63. The fourth-order valence-electron chi connectivity index (χ4n) is 4.57. The molecule has 1 saturated heterocycles. The first kappa shape index (κ1) is 25.3. The van der Waals surface area contributed by atoms with Crippen molar-refractivity contribution in [2.75, 3.05) is 33.3 Å². The highest BCUT2D eigenvalue weighted by molar-refractivity contribution is 6.07. The summed E-state index contributed by atoms with van der Waals surface area (Å²) in [6.07, 6.45) is 3.09. The van der Waals surface area contributed by atoms with E-state index in [1.54, 1.807) is 35.8 Å². The van der Waals surface area contributed by atoms with Crippen LogP contribution in [-0.2, 0) is 14.3 Å². The Morgan fingerprint density at radius 2 is 1.94 bits per heavy atom. The fraction of sp³-hybridized carbons (Fsp3) is 0.444. The molecule has 1 aromatic carbocycles. The molecule has 0 aliphatic carbocycles. The third kappa shape index (κ3) is 5.24. The van der Waals surface area contributed by atoms with Gasteiger partial charge in [0.2, 0.25) is 5.91 Å². The van der Waals surface area contributed by atoms with E-state index >= 15 is 0 Å². The molecule has 1 aliphatic rings. The van der Waals surface area contributed by atoms with Crippen LogP contribution >= 0.6 is 0 Å². The quantitative estimate of drug-likeness (QED) is 0.469. The smallest absolute Gasteiger partial charge is 0.310 e. The van der Waals surface area contributed by atoms with Crippen LogP contribution in [0.1, 0.15) is 50.0 Å². The van der Waals surface area contributed by atoms with Gasteiger partial charge in [-0.05, 0) is 39.7 Å². The Morgan fingerprint density at radius 3 is 2.64 bits per heavy atom. The van der Waals surface area contributed by atoms with E-state index in [0.29, 0.717) is 48.4 Å². The topological polar surface area (TPSA) is 97.6 Å². The number of esters is 1. The van der Waals surface area contributed by atoms with E-state index in [9.17, 15) is 14.4 Å². The van der Waals surface area contributed by atoms with Crippen molar-refractivity contribution in [3.63, 3.8) is 0 Å². The van der Waals surface area contributed by atoms with Crippen molar-refractivity contribution in [1.29, 1.82) is 0 Å². The Hall–Kier alpha value is -3.75. The first-order valence-corrected chi connectivity index (χ1v) is 12.4. The molecule has 0 radical (unpaired) electrons. The molecule has 2 amide bonds. The van der Waals surface area contributed by atoms with Gasteiger partial charge in [0.25, 0.3) is 5.91 Å². The summed E-state index contributed by atoms with van der Waals surface area (Å²) in [7, 11) is 1.62. The molecule has 190 valence electrons. The minimum Gasteiger partial charge on any atom is -0.466 e. The molecule has 1 aliphatic heterocycles. The highest BCUT2D eigenvalue weighted by Crippen LogP contribution is 2.27. The van der Waals surface area contributed by atoms with Gasteiger partial charge in [0.15, 0.2) is 5.65 Å². The van der Waals surface area contributed by atoms with E-state index < -0.39 is 0 Å². The number of pyridine rings is 1. The average Bonchev–Trinajstić information content (AvgIpc) is 3.33. The van der Waals surface area contributed by atoms with E-state index in [0.717, 1.165) is 12.0 Å². The summed E-state index contributed by atoms with van der Waals surface area (Å²) in [5.74, 6) is -1.06. The van der Waals surface area contributed by atoms with Gasteiger partial charge < -0.3 is 14.5 Å². The van der Waals surface area contributed by atoms with Crippen molar-refractivity contribution in [3.05, 3.63) is 48.2 Å². The SMILES string of the molecule is CCOC(=O)C1CCCN(C(=O)CN(C)C(=O)c2cc(-c3ccccc3)nc3c2cnn3C(C)C)C1. The molecule has 0 spiro atoms. The van der Waals surface area contributed by atoms with Crippen LogP contribution < -0.4 is 0 Å². The van der Waals surface area contributed by atoms with Crippen molar-refractivity contribution >= 4 is 28.8 Å². The highest BCUT2D eigenvalue weighted by Gasteiger charge is 2.30. The first-order valence-electron chi connectivity index (χ1n) is 12.4. The second-order valence-electron chi connectivity index (χ2n) is 9.43. The molecule has 2 aromatic heterocycles. The molecule has 9 heteroatoms. The molecule has 4 rings (SSSR count). The van der Waals surface area contributed by atoms with Crippen molar-refractivity contribution in [2.45, 2.75) is 39.7 Å². The molecule has 36 heavy (non-hydrogen) atoms. The van der Waals surface area contributed by atoms with Crippen LogP contribution in [0.15, 0.2) is 42.6 Å². The fourth-order valence-corrected chi connectivity index (χ4v) is 4.57. The lowest BCUT2D eigenvalue weighted by Crippen LogP contribution is -2.47. The number of amides is 2. The predicted octanol–water partition coefficient (Wildman–Crippen LogP) is 3.55. The minimum absolute atomic E-state index is 0.0646. The van der Waals surface area contributed by atoms with E-state index in [1.165, 1.54) is 4.90 Å². The highest BCUT2D eigenvalue weighted by atomic mass is 16.5. The Bertz CT molecular complexity index is 1250. The van der Waals surface area contributed by atoms with Gasteiger partial charge in [-0.15, -0.1) is 0 Å². The van der Waals surface area contributed by atoms with Crippen LogP contribution in [-0.4, -0.2) is 75.6 Å². The number of piperidine rings is 1. The van der Waals surface area contributed by atoms with Crippen LogP contribution in [0.3, 0.4) is 0 Å². The van der Waals surface area contributed by atoms with Crippen molar-refractivity contribution in [2.24, 2.45) is 5.92 Å². The van der Waals surface area contributed by atoms with Crippen LogP contribution in [0, 0.1) is 5.92 Å². The number of ether oxygens (including phenoxy) is 1. The molecule has 3 aromatic rings. The van der Waals surface area contributed by atoms with E-state index in [4.69, 9.17) is 9.72 Å². The largest absolute Gasteiger partial charge is 0.466 e. The summed E-state index contributed by atoms with van der Waals surface area (Å²) < 4.78 is 6.94. The molecule has 9 nitrogen and oxygen atoms in total. The van der Waals surface area contributed by atoms with Gasteiger partial charge in [-0.1, -0.05) is 30.3 Å². The number of likely N-dealkylation sites (N-methyl/N-ethyl adjacent to an activating group) is 1. The molecular weight excluding hydrogens is 458 g/mol. The van der Waals surface area contributed by atoms with Gasteiger partial charge in [0.1, 0.15) is 0 Å². The van der Waals surface area contributed by atoms with E-state index in [-0.39, 0.29) is 36.3 Å². The number of hydrogen-bond acceptors (Lipinski definition) is 6. The number of carbonyl (C=O) groups is 3. The van der Waals surface area contributed by atoms with Crippen molar-refractivity contribution in [3.8, 4) is 11.3 Å². The van der Waals surface area contributed by atoms with Gasteiger partial charge >= 0.3 is 5.97 Å². The van der Waals surface area contributed by atoms with Crippen LogP contribution in [0.2, 0.25) is 0 Å². The number of likely N-dealkylation sites (tertiary alicyclic amines) is 1. The second kappa shape index (κ2) is 10.9. The molecule has 1 unspecified atom stereocenters. The Labute approximate surface area is 211 Å². The van der Waals surface area contributed by atoms with Crippen molar-refractivity contribution < 1.29 is 19.1 Å². The molecule has 1 atom stereocenters. The van der Waals surface area contributed by atoms with Gasteiger partial charge in [-0.2, -0.15) is 5.10 Å². The van der Waals surface area contributed by atoms with Crippen molar-refractivity contribution in [1.82, 2.24) is 24.6 Å². The lowest BCUT2D eigenvalue weighted by molar-refractivity contribution is -0.151. The molecule has 0 bridgehead atoms. The zero-order valence-electron chi connectivity index (χ0n) is 21.3. The van der Waals surface area contributed by atoms with Crippen LogP contribution in [0.5, 0.6) is 0 Å². The van der Waals surface area contributed by atoms with E-state index in [2.05, 4.69) is 5.10 Å². The molecule has 1 fully saturated rings. The number of carbonyl (C=O) groups excluding carboxylic acids is 3. The summed E-state index contributed by atoms with van der Waals surface area (Å²) >= 11 is 0. The predicted molar refractivity (Wildman–Crippen MR) is 136 cm³/mol. The van der Waals surface area contributed by atoms with Crippen LogP contribution in [0.4, 0.5) is 0 Å². The minimum atomic E-state index is -0.321. The summed E-state index contributed by atoms with van der Waals surface area (Å²) in [6, 6.07) is 11.5. The maximum atomic E-state index is 13.6. The normalized spacial score (nSPS) is 15.8. The second-order valence-corrected chi connectivity index (χ2v) is 9.43. The number of benzene rings is 1. The Morgan fingerprint density at radius 1 is 1.19 bits per heavy atom. The standard InChI is InChI=1S/C27H33N5O4/c1-5-36-27(35)20-12-9-13-31(16-20)24(33)17-30(4)26(34)21-14-23(19-10-7-6-8-11-19)29-25-22(21)15-28-32(25)18(2)3/h6-8,10-11,14-15,18,20H,5,9,12-13,16-17H2,1-4H3. The van der Waals surface area contributed by atoms with Gasteiger partial charge in [0, 0.05) is 31.7 Å². The van der Waals surface area contributed by atoms with Gasteiger partial charge in [0.05, 0.1) is 41.9 Å². The summed E-state index contributed by atoms with van der Waals surface area (Å²) in [5, 5.41) is 5.12. The number of hydrogen-bond donors (Lipinski definition) is 0. The third-order valence-corrected chi connectivity index (χ3v) is 6.47. The number of aromatic nitrogens is 3. The monoisotopic (exact) mass is 491 g/mol. The molecule has 3 heterocycles. The van der Waals surface area contributed by atoms with Gasteiger partial charge in [-0.25, -0.2) is 9.67 Å². The molecule has 0 saturated carbocycles. The molecule has 0 N–H and O–H groups in total. The summed E-state index contributed by atoms with van der Waals surface area (Å²) in [6.45, 7) is 6.91. The number of nitrogens with zero attached hydrogens (tertiary/aromatic N) is 5. The zero-order chi connectivity index (χ0) is 25.8. The lowest BCUT2D eigenvalue weighted by atomic mass is 9.98. The third-order valence-electron chi connectivity index (χ3n) is 6.47.